The van der Waals surface area contributed by atoms with Crippen LogP contribution in [-0.4, -0.2) is 10.1 Å². The van der Waals surface area contributed by atoms with Crippen LogP contribution in [0.5, 0.6) is 11.5 Å². The number of benzene rings is 1. The summed E-state index contributed by atoms with van der Waals surface area (Å²) >= 11 is 0. The zero-order valence-corrected chi connectivity index (χ0v) is 9.13. The number of pyridine rings is 1. The van der Waals surface area contributed by atoms with Crippen LogP contribution in [0.25, 0.3) is 0 Å². The Hall–Kier alpha value is -2.11. The number of aliphatic hydroxyl groups excluding tert-OH is 1. The molecule has 0 aliphatic rings. The number of hydrogen-bond donors (Lipinski definition) is 3. The maximum Gasteiger partial charge on any atom is 0.143 e. The minimum Gasteiger partial charge on any atom is -0.457 e. The van der Waals surface area contributed by atoms with Crippen LogP contribution < -0.4 is 16.0 Å². The van der Waals surface area contributed by atoms with Gasteiger partial charge in [-0.3, -0.25) is 0 Å². The summed E-state index contributed by atoms with van der Waals surface area (Å²) in [6, 6.07) is 10.6. The van der Waals surface area contributed by atoms with Gasteiger partial charge in [-0.2, -0.15) is 0 Å². The first kappa shape index (κ1) is 11.4. The third-order valence-electron chi connectivity index (χ3n) is 2.22. The number of aromatic nitrogens is 1. The van der Waals surface area contributed by atoms with Crippen molar-refractivity contribution in [2.75, 3.05) is 5.43 Å². The largest absolute Gasteiger partial charge is 0.457 e. The van der Waals surface area contributed by atoms with Gasteiger partial charge in [-0.05, 0) is 23.8 Å². The molecule has 5 nitrogen and oxygen atoms in total. The zero-order chi connectivity index (χ0) is 12.1. The Morgan fingerprint density at radius 2 is 1.94 bits per heavy atom. The monoisotopic (exact) mass is 231 g/mol. The minimum absolute atomic E-state index is 0.0246. The molecule has 0 atom stereocenters. The van der Waals surface area contributed by atoms with E-state index in [1.165, 1.54) is 0 Å². The van der Waals surface area contributed by atoms with E-state index in [0.29, 0.717) is 17.3 Å². The zero-order valence-electron chi connectivity index (χ0n) is 9.13. The van der Waals surface area contributed by atoms with Crippen molar-refractivity contribution < 1.29 is 9.84 Å². The van der Waals surface area contributed by atoms with Gasteiger partial charge >= 0.3 is 0 Å². The first-order chi connectivity index (χ1) is 8.31. The Labute approximate surface area is 98.8 Å². The second-order valence-corrected chi connectivity index (χ2v) is 3.43. The number of ether oxygens (including phenoxy) is 1. The molecule has 1 heterocycles. The van der Waals surface area contributed by atoms with Gasteiger partial charge in [0, 0.05) is 12.3 Å². The highest BCUT2D eigenvalue weighted by Crippen LogP contribution is 2.22. The fourth-order valence-electron chi connectivity index (χ4n) is 1.35. The van der Waals surface area contributed by atoms with Crippen LogP contribution in [0.4, 0.5) is 5.82 Å². The van der Waals surface area contributed by atoms with E-state index in [-0.39, 0.29) is 6.61 Å². The quantitative estimate of drug-likeness (QED) is 0.550. The lowest BCUT2D eigenvalue weighted by Crippen LogP contribution is -2.08. The predicted octanol–water partition coefficient (Wildman–Crippen LogP) is 1.65. The molecular weight excluding hydrogens is 218 g/mol. The maximum atomic E-state index is 8.92. The molecular formula is C12H13N3O2. The Morgan fingerprint density at radius 1 is 1.18 bits per heavy atom. The van der Waals surface area contributed by atoms with E-state index in [1.54, 1.807) is 42.6 Å². The lowest BCUT2D eigenvalue weighted by molar-refractivity contribution is 0.281. The van der Waals surface area contributed by atoms with E-state index in [0.717, 1.165) is 5.56 Å². The summed E-state index contributed by atoms with van der Waals surface area (Å²) < 4.78 is 5.60. The number of nitrogen functional groups attached to an aromatic ring is 1. The van der Waals surface area contributed by atoms with Crippen LogP contribution >= 0.6 is 0 Å². The lowest BCUT2D eigenvalue weighted by Gasteiger charge is -2.07. The molecule has 2 aromatic rings. The highest BCUT2D eigenvalue weighted by atomic mass is 16.5. The Kier molecular flexibility index (Phi) is 3.54. The Morgan fingerprint density at radius 3 is 2.59 bits per heavy atom. The van der Waals surface area contributed by atoms with Gasteiger partial charge in [-0.25, -0.2) is 10.8 Å². The highest BCUT2D eigenvalue weighted by Gasteiger charge is 1.99. The van der Waals surface area contributed by atoms with Crippen molar-refractivity contribution >= 4 is 5.82 Å². The summed E-state index contributed by atoms with van der Waals surface area (Å²) in [4.78, 5) is 3.98. The number of aliphatic hydroxyl groups is 1. The molecule has 88 valence electrons. The van der Waals surface area contributed by atoms with Crippen molar-refractivity contribution in [2.24, 2.45) is 5.84 Å². The number of nitrogens with two attached hydrogens (primary N) is 1. The van der Waals surface area contributed by atoms with E-state index >= 15 is 0 Å². The molecule has 0 aliphatic heterocycles. The summed E-state index contributed by atoms with van der Waals surface area (Å²) in [5, 5.41) is 8.92. The fourth-order valence-corrected chi connectivity index (χ4v) is 1.35. The van der Waals surface area contributed by atoms with Gasteiger partial charge in [-0.15, -0.1) is 0 Å². The minimum atomic E-state index is 0.0246. The van der Waals surface area contributed by atoms with E-state index in [4.69, 9.17) is 15.7 Å². The van der Waals surface area contributed by atoms with Crippen LogP contribution in [0.2, 0.25) is 0 Å². The molecule has 5 heteroatoms. The van der Waals surface area contributed by atoms with Gasteiger partial charge in [0.15, 0.2) is 0 Å². The topological polar surface area (TPSA) is 80.4 Å². The molecule has 0 aliphatic carbocycles. The average Bonchev–Trinajstić information content (AvgIpc) is 2.40. The second-order valence-electron chi connectivity index (χ2n) is 3.43. The molecule has 0 radical (unpaired) electrons. The van der Waals surface area contributed by atoms with Crippen LogP contribution in [0.3, 0.4) is 0 Å². The highest BCUT2D eigenvalue weighted by molar-refractivity contribution is 5.41. The SMILES string of the molecule is NNc1cc(Oc2ccc(CO)cc2)ccn1. The molecule has 2 rings (SSSR count). The summed E-state index contributed by atoms with van der Waals surface area (Å²) in [6.07, 6.45) is 1.60. The Balaban J connectivity index is 2.13. The van der Waals surface area contributed by atoms with Gasteiger partial charge in [0.2, 0.25) is 0 Å². The van der Waals surface area contributed by atoms with E-state index in [1.807, 2.05) is 0 Å². The van der Waals surface area contributed by atoms with Crippen molar-refractivity contribution in [1.29, 1.82) is 0 Å². The molecule has 4 N–H and O–H groups in total. The molecule has 1 aromatic carbocycles. The molecule has 0 spiro atoms. The summed E-state index contributed by atoms with van der Waals surface area (Å²) in [6.45, 7) is 0.0246. The predicted molar refractivity (Wildman–Crippen MR) is 64.5 cm³/mol. The van der Waals surface area contributed by atoms with Crippen molar-refractivity contribution in [3.63, 3.8) is 0 Å². The van der Waals surface area contributed by atoms with Crippen molar-refractivity contribution in [3.8, 4) is 11.5 Å². The summed E-state index contributed by atoms with van der Waals surface area (Å²) in [5.74, 6) is 7.13. The van der Waals surface area contributed by atoms with Crippen LogP contribution in [-0.2, 0) is 6.61 Å². The number of nitrogens with zero attached hydrogens (tertiary/aromatic N) is 1. The molecule has 0 amide bonds. The first-order valence-electron chi connectivity index (χ1n) is 5.12. The van der Waals surface area contributed by atoms with Gasteiger partial charge in [0.05, 0.1) is 6.61 Å². The number of rotatable bonds is 4. The molecule has 0 saturated heterocycles. The van der Waals surface area contributed by atoms with Crippen LogP contribution in [0.1, 0.15) is 5.56 Å². The summed E-state index contributed by atoms with van der Waals surface area (Å²) in [5.41, 5.74) is 3.29. The normalized spacial score (nSPS) is 10.0. The van der Waals surface area contributed by atoms with Gasteiger partial charge in [-0.1, -0.05) is 12.1 Å². The Bertz CT molecular complexity index is 485. The smallest absolute Gasteiger partial charge is 0.143 e. The molecule has 17 heavy (non-hydrogen) atoms. The van der Waals surface area contributed by atoms with E-state index in [9.17, 15) is 0 Å². The molecule has 0 fully saturated rings. The van der Waals surface area contributed by atoms with Crippen molar-refractivity contribution in [1.82, 2.24) is 4.98 Å². The molecule has 1 aromatic heterocycles. The maximum absolute atomic E-state index is 8.92. The molecule has 0 unspecified atom stereocenters. The molecule has 0 saturated carbocycles. The van der Waals surface area contributed by atoms with Gasteiger partial charge < -0.3 is 15.3 Å². The lowest BCUT2D eigenvalue weighted by atomic mass is 10.2. The summed E-state index contributed by atoms with van der Waals surface area (Å²) in [7, 11) is 0. The van der Waals surface area contributed by atoms with Crippen molar-refractivity contribution in [2.45, 2.75) is 6.61 Å². The number of hydrazine groups is 1. The number of hydrogen-bond acceptors (Lipinski definition) is 5. The third kappa shape index (κ3) is 2.93. The number of nitrogens with one attached hydrogen (secondary N) is 1. The van der Waals surface area contributed by atoms with Crippen LogP contribution in [0, 0.1) is 0 Å². The third-order valence-corrected chi connectivity index (χ3v) is 2.22. The fraction of sp³-hybridized carbons (Fsp3) is 0.0833. The van der Waals surface area contributed by atoms with Crippen molar-refractivity contribution in [3.05, 3.63) is 48.2 Å². The van der Waals surface area contributed by atoms with Gasteiger partial charge in [0.1, 0.15) is 17.3 Å². The van der Waals surface area contributed by atoms with Gasteiger partial charge in [0.25, 0.3) is 0 Å². The standard InChI is InChI=1S/C12H13N3O2/c13-15-12-7-11(5-6-14-12)17-10-3-1-9(8-16)2-4-10/h1-7,16H,8,13H2,(H,14,15). The second kappa shape index (κ2) is 5.29. The average molecular weight is 231 g/mol. The molecule has 0 bridgehead atoms. The van der Waals surface area contributed by atoms with E-state index in [2.05, 4.69) is 10.4 Å². The van der Waals surface area contributed by atoms with E-state index < -0.39 is 0 Å². The first-order valence-corrected chi connectivity index (χ1v) is 5.12. The van der Waals surface area contributed by atoms with Crippen LogP contribution in [0.15, 0.2) is 42.6 Å². The number of anilines is 1.